The molecule has 0 heterocycles. The van der Waals surface area contributed by atoms with Crippen LogP contribution in [0.5, 0.6) is 0 Å². The zero-order valence-electron chi connectivity index (χ0n) is 6.47. The Balaban J connectivity index is 3.21. The lowest BCUT2D eigenvalue weighted by molar-refractivity contribution is 0.0701. The van der Waals surface area contributed by atoms with E-state index in [-0.39, 0.29) is 5.56 Å². The minimum absolute atomic E-state index is 0.125. The van der Waals surface area contributed by atoms with Gasteiger partial charge in [0.2, 0.25) is 0 Å². The Morgan fingerprint density at radius 3 is 2.75 bits per heavy atom. The summed E-state index contributed by atoms with van der Waals surface area (Å²) in [7, 11) is 0. The molecule has 0 aliphatic heterocycles. The van der Waals surface area contributed by atoms with Gasteiger partial charge in [0.15, 0.2) is 0 Å². The van der Waals surface area contributed by atoms with Gasteiger partial charge >= 0.3 is 0 Å². The fourth-order valence-electron chi connectivity index (χ4n) is 0.975. The second-order valence-corrected chi connectivity index (χ2v) is 2.37. The van der Waals surface area contributed by atoms with Crippen molar-refractivity contribution < 1.29 is 14.4 Å². The average Bonchev–Trinajstić information content (AvgIpc) is 2.03. The molecule has 0 unspecified atom stereocenters. The van der Waals surface area contributed by atoms with Crippen molar-refractivity contribution in [3.05, 3.63) is 35.1 Å². The third-order valence-corrected chi connectivity index (χ3v) is 1.55. The van der Waals surface area contributed by atoms with Crippen LogP contribution in [0.15, 0.2) is 18.2 Å². The first-order chi connectivity index (χ1) is 5.66. The van der Waals surface area contributed by atoms with Crippen LogP contribution >= 0.6 is 0 Å². The highest BCUT2D eigenvalue weighted by atomic mass is 19.1. The van der Waals surface area contributed by atoms with Crippen LogP contribution in [0.4, 0.5) is 4.39 Å². The number of hydrogen-bond donors (Lipinski definition) is 2. The van der Waals surface area contributed by atoms with Gasteiger partial charge in [0.25, 0.3) is 5.91 Å². The minimum Gasteiger partial charge on any atom is -0.288 e. The molecule has 0 bridgehead atoms. The molecular weight excluding hydrogens is 161 g/mol. The Labute approximate surface area is 68.8 Å². The summed E-state index contributed by atoms with van der Waals surface area (Å²) >= 11 is 0. The lowest BCUT2D eigenvalue weighted by Gasteiger charge is -2.03. The van der Waals surface area contributed by atoms with Crippen molar-refractivity contribution >= 4 is 5.91 Å². The largest absolute Gasteiger partial charge is 0.288 e. The van der Waals surface area contributed by atoms with Crippen LogP contribution in [0.1, 0.15) is 15.9 Å². The molecule has 2 N–H and O–H groups in total. The van der Waals surface area contributed by atoms with Crippen molar-refractivity contribution in [1.82, 2.24) is 5.48 Å². The SMILES string of the molecule is Cc1cccc(F)c1C(=O)NO. The van der Waals surface area contributed by atoms with Crippen LogP contribution in [-0.2, 0) is 0 Å². The maximum absolute atomic E-state index is 12.9. The van der Waals surface area contributed by atoms with E-state index in [2.05, 4.69) is 0 Å². The molecule has 12 heavy (non-hydrogen) atoms. The van der Waals surface area contributed by atoms with Crippen molar-refractivity contribution in [2.45, 2.75) is 6.92 Å². The number of carbonyl (C=O) groups excluding carboxylic acids is 1. The molecule has 1 rings (SSSR count). The van der Waals surface area contributed by atoms with E-state index in [4.69, 9.17) is 5.21 Å². The van der Waals surface area contributed by atoms with Crippen LogP contribution in [-0.4, -0.2) is 11.1 Å². The maximum atomic E-state index is 12.9. The van der Waals surface area contributed by atoms with E-state index in [0.717, 1.165) is 6.07 Å². The smallest absolute Gasteiger partial charge is 0.277 e. The minimum atomic E-state index is -0.828. The van der Waals surface area contributed by atoms with Gasteiger partial charge in [0, 0.05) is 0 Å². The molecule has 64 valence electrons. The van der Waals surface area contributed by atoms with E-state index in [1.165, 1.54) is 11.5 Å². The van der Waals surface area contributed by atoms with Crippen LogP contribution in [0.3, 0.4) is 0 Å². The van der Waals surface area contributed by atoms with E-state index in [1.807, 2.05) is 0 Å². The summed E-state index contributed by atoms with van der Waals surface area (Å²) < 4.78 is 12.9. The Morgan fingerprint density at radius 2 is 2.25 bits per heavy atom. The van der Waals surface area contributed by atoms with E-state index < -0.39 is 11.7 Å². The van der Waals surface area contributed by atoms with Crippen molar-refractivity contribution in [2.24, 2.45) is 0 Å². The number of rotatable bonds is 1. The molecule has 0 spiro atoms. The zero-order valence-corrected chi connectivity index (χ0v) is 6.47. The number of nitrogens with one attached hydrogen (secondary N) is 1. The second kappa shape index (κ2) is 3.32. The summed E-state index contributed by atoms with van der Waals surface area (Å²) in [6.07, 6.45) is 0. The van der Waals surface area contributed by atoms with Gasteiger partial charge in [-0.25, -0.2) is 9.87 Å². The Bertz CT molecular complexity index is 292. The molecule has 3 nitrogen and oxygen atoms in total. The summed E-state index contributed by atoms with van der Waals surface area (Å²) in [5.74, 6) is -1.47. The Kier molecular flexibility index (Phi) is 2.40. The molecule has 0 aliphatic carbocycles. The molecule has 0 aliphatic rings. The number of amides is 1. The molecule has 1 aromatic rings. The van der Waals surface area contributed by atoms with Gasteiger partial charge in [0.05, 0.1) is 5.56 Å². The Hall–Kier alpha value is -1.42. The van der Waals surface area contributed by atoms with Crippen LogP contribution in [0.25, 0.3) is 0 Å². The molecule has 0 atom stereocenters. The van der Waals surface area contributed by atoms with Gasteiger partial charge in [-0.3, -0.25) is 10.0 Å². The first-order valence-corrected chi connectivity index (χ1v) is 3.36. The Morgan fingerprint density at radius 1 is 1.58 bits per heavy atom. The maximum Gasteiger partial charge on any atom is 0.277 e. The topological polar surface area (TPSA) is 49.3 Å². The van der Waals surface area contributed by atoms with E-state index >= 15 is 0 Å². The predicted molar refractivity (Wildman–Crippen MR) is 40.4 cm³/mol. The van der Waals surface area contributed by atoms with Crippen molar-refractivity contribution in [2.75, 3.05) is 0 Å². The van der Waals surface area contributed by atoms with Crippen LogP contribution < -0.4 is 5.48 Å². The summed E-state index contributed by atoms with van der Waals surface area (Å²) in [5, 5.41) is 8.27. The van der Waals surface area contributed by atoms with E-state index in [9.17, 15) is 9.18 Å². The second-order valence-electron chi connectivity index (χ2n) is 2.37. The highest BCUT2D eigenvalue weighted by Gasteiger charge is 2.12. The molecule has 0 saturated carbocycles. The first-order valence-electron chi connectivity index (χ1n) is 3.36. The summed E-state index contributed by atoms with van der Waals surface area (Å²) in [4.78, 5) is 10.9. The first kappa shape index (κ1) is 8.67. The molecule has 4 heteroatoms. The third kappa shape index (κ3) is 1.43. The van der Waals surface area contributed by atoms with Crippen molar-refractivity contribution in [3.8, 4) is 0 Å². The van der Waals surface area contributed by atoms with Crippen LogP contribution in [0, 0.1) is 12.7 Å². The zero-order chi connectivity index (χ0) is 9.14. The lowest BCUT2D eigenvalue weighted by Crippen LogP contribution is -2.21. The summed E-state index contributed by atoms with van der Waals surface area (Å²) in [6, 6.07) is 4.25. The highest BCUT2D eigenvalue weighted by Crippen LogP contribution is 2.11. The monoisotopic (exact) mass is 169 g/mol. The fraction of sp³-hybridized carbons (Fsp3) is 0.125. The number of benzene rings is 1. The molecule has 0 fully saturated rings. The van der Waals surface area contributed by atoms with Crippen LogP contribution in [0.2, 0.25) is 0 Å². The molecular formula is C8H8FNO2. The van der Waals surface area contributed by atoms with Gasteiger partial charge in [-0.1, -0.05) is 12.1 Å². The van der Waals surface area contributed by atoms with Gasteiger partial charge in [0.1, 0.15) is 5.82 Å². The van der Waals surface area contributed by atoms with Gasteiger partial charge in [-0.15, -0.1) is 0 Å². The number of aryl methyl sites for hydroxylation is 1. The highest BCUT2D eigenvalue weighted by molar-refractivity contribution is 5.95. The molecule has 0 saturated heterocycles. The van der Waals surface area contributed by atoms with E-state index in [0.29, 0.717) is 5.56 Å². The summed E-state index contributed by atoms with van der Waals surface area (Å²) in [6.45, 7) is 1.59. The average molecular weight is 169 g/mol. The van der Waals surface area contributed by atoms with E-state index in [1.54, 1.807) is 13.0 Å². The number of carbonyl (C=O) groups is 1. The molecule has 1 aromatic carbocycles. The summed E-state index contributed by atoms with van der Waals surface area (Å²) in [5.41, 5.74) is 1.75. The molecule has 0 radical (unpaired) electrons. The number of hydrogen-bond acceptors (Lipinski definition) is 2. The third-order valence-electron chi connectivity index (χ3n) is 1.55. The standard InChI is InChI=1S/C8H8FNO2/c1-5-3-2-4-6(9)7(5)8(11)10-12/h2-4,12H,1H3,(H,10,11). The fourth-order valence-corrected chi connectivity index (χ4v) is 0.975. The quantitative estimate of drug-likeness (QED) is 0.491. The van der Waals surface area contributed by atoms with Gasteiger partial charge in [-0.2, -0.15) is 0 Å². The predicted octanol–water partition coefficient (Wildman–Crippen LogP) is 1.25. The van der Waals surface area contributed by atoms with Crippen molar-refractivity contribution in [3.63, 3.8) is 0 Å². The lowest BCUT2D eigenvalue weighted by atomic mass is 10.1. The number of hydroxylamine groups is 1. The van der Waals surface area contributed by atoms with Crippen molar-refractivity contribution in [1.29, 1.82) is 0 Å². The number of halogens is 1. The molecule has 1 amide bonds. The normalized spacial score (nSPS) is 9.58. The molecule has 0 aromatic heterocycles. The van der Waals surface area contributed by atoms with Gasteiger partial charge < -0.3 is 0 Å². The van der Waals surface area contributed by atoms with Gasteiger partial charge in [-0.05, 0) is 18.6 Å².